The normalized spacial score (nSPS) is 16.0. The van der Waals surface area contributed by atoms with Crippen molar-refractivity contribution >= 4 is 52.8 Å². The number of imide groups is 2. The first-order valence-electron chi connectivity index (χ1n) is 20.9. The summed E-state index contributed by atoms with van der Waals surface area (Å²) in [4.78, 5) is 91.5. The number of hydrogen-bond donors (Lipinski definition) is 4. The molecule has 1 saturated heterocycles. The maximum Gasteiger partial charge on any atom is 0.264 e. The van der Waals surface area contributed by atoms with Crippen LogP contribution < -0.4 is 31.1 Å². The Labute approximate surface area is 353 Å². The lowest BCUT2D eigenvalue weighted by Gasteiger charge is -2.27. The number of unbranched alkanes of at least 4 members (excludes halogenated alkanes) is 4. The number of anilines is 3. The Morgan fingerprint density at radius 1 is 0.934 bits per heavy atom. The maximum absolute atomic E-state index is 13.9. The molecule has 0 spiro atoms. The van der Waals surface area contributed by atoms with E-state index in [1.54, 1.807) is 29.4 Å². The molecular formula is C43H52N12O6. The predicted octanol–water partition coefficient (Wildman–Crippen LogP) is 3.43. The molecule has 18 heteroatoms. The van der Waals surface area contributed by atoms with Crippen LogP contribution in [0.25, 0.3) is 11.5 Å². The topological polar surface area (TPSA) is 217 Å². The number of nitrogens with zero attached hydrogens (tertiary/aromatic N) is 8. The summed E-state index contributed by atoms with van der Waals surface area (Å²) in [5, 5.41) is 20.0. The molecule has 6 amide bonds. The second-order valence-corrected chi connectivity index (χ2v) is 15.7. The molecule has 18 nitrogen and oxygen atoms in total. The van der Waals surface area contributed by atoms with Gasteiger partial charge in [-0.05, 0) is 70.4 Å². The summed E-state index contributed by atoms with van der Waals surface area (Å²) >= 11 is 0. The van der Waals surface area contributed by atoms with E-state index in [0.717, 1.165) is 42.6 Å². The molecule has 4 N–H and O–H groups in total. The summed E-state index contributed by atoms with van der Waals surface area (Å²) in [5.74, 6) is -0.604. The zero-order valence-corrected chi connectivity index (χ0v) is 35.0. The minimum absolute atomic E-state index is 0.0675. The molecule has 3 aliphatic heterocycles. The average molecular weight is 833 g/mol. The molecule has 3 aromatic heterocycles. The number of aryl methyl sites for hydroxylation is 1. The number of piperidine rings is 1. The van der Waals surface area contributed by atoms with Gasteiger partial charge >= 0.3 is 0 Å². The number of benzene rings is 1. The highest BCUT2D eigenvalue weighted by Gasteiger charge is 2.45. The summed E-state index contributed by atoms with van der Waals surface area (Å²) in [6.07, 6.45) is 6.29. The van der Waals surface area contributed by atoms with Gasteiger partial charge in [-0.2, -0.15) is 0 Å². The van der Waals surface area contributed by atoms with Crippen LogP contribution in [0, 0.1) is 0 Å². The molecule has 1 aromatic carbocycles. The Morgan fingerprint density at radius 3 is 2.48 bits per heavy atom. The molecule has 0 saturated carbocycles. The van der Waals surface area contributed by atoms with E-state index in [4.69, 9.17) is 9.97 Å². The van der Waals surface area contributed by atoms with Crippen molar-refractivity contribution in [1.82, 2.24) is 45.6 Å². The number of aromatic nitrogens is 5. The van der Waals surface area contributed by atoms with Crippen LogP contribution >= 0.6 is 0 Å². The Balaban J connectivity index is 0.845. The van der Waals surface area contributed by atoms with Gasteiger partial charge in [0.05, 0.1) is 35.5 Å². The Kier molecular flexibility index (Phi) is 13.1. The third-order valence-electron chi connectivity index (χ3n) is 11.4. The van der Waals surface area contributed by atoms with Gasteiger partial charge in [-0.3, -0.25) is 43.9 Å². The number of carbonyl (C=O) groups is 6. The highest BCUT2D eigenvalue weighted by Crippen LogP contribution is 2.34. The van der Waals surface area contributed by atoms with Crippen LogP contribution in [-0.4, -0.2) is 104 Å². The fourth-order valence-electron chi connectivity index (χ4n) is 7.76. The van der Waals surface area contributed by atoms with Crippen molar-refractivity contribution < 1.29 is 28.8 Å². The summed E-state index contributed by atoms with van der Waals surface area (Å²) < 4.78 is 1.89. The molecule has 0 aliphatic carbocycles. The SMILES string of the molecule is CCn1cnnc1-c1cccc(N2Cc3c(cc(N(C)C(C)C)nc3CNCC(=O)NCCCCCCCNc3cccc4c3C(=O)N(C3CCC(=O)NC3=O)C4=O)C2=O)n1. The van der Waals surface area contributed by atoms with Crippen molar-refractivity contribution in [2.24, 2.45) is 0 Å². The molecule has 4 aromatic rings. The molecule has 6 heterocycles. The minimum atomic E-state index is -1.01. The van der Waals surface area contributed by atoms with E-state index in [-0.39, 0.29) is 48.4 Å². The molecule has 3 aliphatic rings. The highest BCUT2D eigenvalue weighted by atomic mass is 16.2. The van der Waals surface area contributed by atoms with Crippen LogP contribution in [0.1, 0.15) is 108 Å². The van der Waals surface area contributed by atoms with Gasteiger partial charge in [0.25, 0.3) is 17.7 Å². The number of fused-ring (bicyclic) bond motifs is 2. The van der Waals surface area contributed by atoms with Gasteiger partial charge in [0.1, 0.15) is 29.7 Å². The van der Waals surface area contributed by atoms with Crippen LogP contribution in [0.15, 0.2) is 48.8 Å². The first kappa shape index (κ1) is 42.6. The summed E-state index contributed by atoms with van der Waals surface area (Å²) in [5.41, 5.74) is 3.72. The largest absolute Gasteiger partial charge is 0.384 e. The van der Waals surface area contributed by atoms with Crippen LogP contribution in [0.5, 0.6) is 0 Å². The standard InChI is InChI=1S/C43H52N12O6/c1-5-53-25-47-51-39(53)31-15-12-16-34(48-31)54-24-29-28(41(54)59)21-35(52(4)26(2)3)49-32(29)22-44-23-37(57)46-20-10-8-6-7-9-19-45-30-14-11-13-27-38(30)43(61)55(42(27)60)33-17-18-36(56)50-40(33)58/h11-16,21,25-26,33,44-45H,5-10,17-20,22-24H2,1-4H3,(H,46,57)(H,50,56,58). The number of amides is 6. The maximum atomic E-state index is 13.9. The van der Waals surface area contributed by atoms with Gasteiger partial charge < -0.3 is 25.4 Å². The summed E-state index contributed by atoms with van der Waals surface area (Å²) in [6.45, 7) is 8.61. The van der Waals surface area contributed by atoms with Gasteiger partial charge in [0.15, 0.2) is 5.82 Å². The van der Waals surface area contributed by atoms with E-state index < -0.39 is 29.7 Å². The van der Waals surface area contributed by atoms with Crippen molar-refractivity contribution in [3.8, 4) is 11.5 Å². The van der Waals surface area contributed by atoms with E-state index in [0.29, 0.717) is 72.8 Å². The average Bonchev–Trinajstić information content (AvgIpc) is 3.94. The van der Waals surface area contributed by atoms with Crippen LogP contribution in [0.3, 0.4) is 0 Å². The molecule has 1 fully saturated rings. The number of hydrogen-bond acceptors (Lipinski definition) is 13. The summed E-state index contributed by atoms with van der Waals surface area (Å²) in [6, 6.07) is 11.5. The van der Waals surface area contributed by atoms with Crippen molar-refractivity contribution in [1.29, 1.82) is 0 Å². The molecule has 61 heavy (non-hydrogen) atoms. The fourth-order valence-corrected chi connectivity index (χ4v) is 7.76. The Bertz CT molecular complexity index is 2340. The lowest BCUT2D eigenvalue weighted by molar-refractivity contribution is -0.136. The Hall–Kier alpha value is -6.56. The smallest absolute Gasteiger partial charge is 0.264 e. The number of pyridine rings is 2. The molecular weight excluding hydrogens is 781 g/mol. The lowest BCUT2D eigenvalue weighted by Crippen LogP contribution is -2.54. The lowest BCUT2D eigenvalue weighted by atomic mass is 10.0. The van der Waals surface area contributed by atoms with Crippen LogP contribution in [0.4, 0.5) is 17.3 Å². The Morgan fingerprint density at radius 2 is 1.70 bits per heavy atom. The molecule has 7 rings (SSSR count). The van der Waals surface area contributed by atoms with Crippen molar-refractivity contribution in [3.05, 3.63) is 76.7 Å². The highest BCUT2D eigenvalue weighted by molar-refractivity contribution is 6.25. The van der Waals surface area contributed by atoms with Gasteiger partial charge in [-0.15, -0.1) is 10.2 Å². The first-order valence-corrected chi connectivity index (χ1v) is 20.9. The molecule has 1 unspecified atom stereocenters. The third-order valence-corrected chi connectivity index (χ3v) is 11.4. The van der Waals surface area contributed by atoms with E-state index in [2.05, 4.69) is 45.3 Å². The van der Waals surface area contributed by atoms with E-state index in [9.17, 15) is 28.8 Å². The van der Waals surface area contributed by atoms with Gasteiger partial charge in [-0.25, -0.2) is 9.97 Å². The van der Waals surface area contributed by atoms with E-state index in [1.165, 1.54) is 0 Å². The second-order valence-electron chi connectivity index (χ2n) is 15.7. The predicted molar refractivity (Wildman–Crippen MR) is 227 cm³/mol. The number of rotatable bonds is 19. The van der Waals surface area contributed by atoms with E-state index in [1.807, 2.05) is 47.7 Å². The third kappa shape index (κ3) is 9.13. The van der Waals surface area contributed by atoms with Gasteiger partial charge in [0.2, 0.25) is 17.7 Å². The number of nitrogens with one attached hydrogen (secondary N) is 4. The zero-order valence-electron chi connectivity index (χ0n) is 35.0. The van der Waals surface area contributed by atoms with Crippen molar-refractivity contribution in [3.63, 3.8) is 0 Å². The van der Waals surface area contributed by atoms with E-state index >= 15 is 0 Å². The quantitative estimate of drug-likeness (QED) is 0.0788. The molecule has 1 atom stereocenters. The monoisotopic (exact) mass is 832 g/mol. The first-order chi connectivity index (χ1) is 29.5. The fraction of sp³-hybridized carbons (Fsp3) is 0.442. The van der Waals surface area contributed by atoms with Gasteiger partial charge in [0, 0.05) is 56.9 Å². The van der Waals surface area contributed by atoms with Crippen LogP contribution in [-0.2, 0) is 34.0 Å². The van der Waals surface area contributed by atoms with Crippen molar-refractivity contribution in [2.75, 3.05) is 41.8 Å². The number of carbonyl (C=O) groups excluding carboxylic acids is 6. The molecule has 0 bridgehead atoms. The van der Waals surface area contributed by atoms with Gasteiger partial charge in [-0.1, -0.05) is 31.4 Å². The van der Waals surface area contributed by atoms with Crippen molar-refractivity contribution in [2.45, 2.75) is 97.4 Å². The van der Waals surface area contributed by atoms with Crippen LogP contribution in [0.2, 0.25) is 0 Å². The summed E-state index contributed by atoms with van der Waals surface area (Å²) in [7, 11) is 1.94. The zero-order chi connectivity index (χ0) is 43.2. The minimum Gasteiger partial charge on any atom is -0.384 e. The second kappa shape index (κ2) is 18.8. The molecule has 0 radical (unpaired) electrons. The molecule has 320 valence electrons.